The Morgan fingerprint density at radius 1 is 1.21 bits per heavy atom. The highest BCUT2D eigenvalue weighted by Crippen LogP contribution is 2.39. The lowest BCUT2D eigenvalue weighted by Gasteiger charge is -2.18. The van der Waals surface area contributed by atoms with Gasteiger partial charge in [0.25, 0.3) is 0 Å². The zero-order valence-electron chi connectivity index (χ0n) is 7.50. The molecule has 2 aliphatic heterocycles. The van der Waals surface area contributed by atoms with Gasteiger partial charge >= 0.3 is 18.5 Å². The molecule has 2 fully saturated rings. The number of rotatable bonds is 0. The lowest BCUT2D eigenvalue weighted by atomic mass is 9.51. The number of alkyl halides is 1. The fraction of sp³-hybridized carbons (Fsp3) is 0.625. The van der Waals surface area contributed by atoms with E-state index in [9.17, 15) is 9.59 Å². The minimum absolute atomic E-state index is 0. The Morgan fingerprint density at radius 2 is 1.57 bits per heavy atom. The Balaban J connectivity index is 0.000000531. The van der Waals surface area contributed by atoms with Crippen molar-refractivity contribution in [2.75, 3.05) is 5.83 Å². The molecule has 0 N–H and O–H groups in total. The Morgan fingerprint density at radius 3 is 1.86 bits per heavy atom. The molecule has 0 spiro atoms. The van der Waals surface area contributed by atoms with Gasteiger partial charge in [-0.25, -0.2) is 0 Å². The third-order valence-electron chi connectivity index (χ3n) is 2.20. The minimum atomic E-state index is -1.68. The summed E-state index contributed by atoms with van der Waals surface area (Å²) in [5.74, 6) is 2.05. The van der Waals surface area contributed by atoms with Crippen molar-refractivity contribution in [1.29, 1.82) is 0 Å². The summed E-state index contributed by atoms with van der Waals surface area (Å²) in [6, 6.07) is 0. The van der Waals surface area contributed by atoms with Crippen molar-refractivity contribution in [3.8, 4) is 0 Å². The maximum atomic E-state index is 10.7. The molecule has 0 aromatic rings. The Kier molecular flexibility index (Phi) is 4.51. The Bertz CT molecular complexity index is 223. The van der Waals surface area contributed by atoms with Crippen LogP contribution < -0.4 is 0 Å². The third kappa shape index (κ3) is 2.23. The first kappa shape index (κ1) is 13.4. The van der Waals surface area contributed by atoms with Gasteiger partial charge in [-0.15, -0.1) is 0 Å². The van der Waals surface area contributed by atoms with E-state index in [0.717, 1.165) is 5.82 Å². The second kappa shape index (κ2) is 4.73. The average molecular weight is 265 g/mol. The number of halogens is 1. The summed E-state index contributed by atoms with van der Waals surface area (Å²) >= 11 is 2.94. The van der Waals surface area contributed by atoms with Crippen molar-refractivity contribution in [2.45, 2.75) is 27.1 Å². The maximum Gasteiger partial charge on any atom is 0.556 e. The molecule has 0 amide bonds. The van der Waals surface area contributed by atoms with Crippen LogP contribution in [0.1, 0.15) is 20.3 Å². The first-order valence-corrected chi connectivity index (χ1v) is 5.53. The molecule has 2 heterocycles. The summed E-state index contributed by atoms with van der Waals surface area (Å²) in [7, 11) is 0. The molecule has 80 valence electrons. The van der Waals surface area contributed by atoms with Crippen LogP contribution >= 0.6 is 15.9 Å². The zero-order valence-corrected chi connectivity index (χ0v) is 9.09. The highest BCUT2D eigenvalue weighted by atomic mass is 79.9. The molecule has 0 aromatic carbocycles. The lowest BCUT2D eigenvalue weighted by Crippen LogP contribution is -2.35. The summed E-state index contributed by atoms with van der Waals surface area (Å²) in [4.78, 5) is 21.5. The molecule has 0 bridgehead atoms. The molecule has 4 nitrogen and oxygen atoms in total. The molecule has 0 radical (unpaired) electrons. The summed E-state index contributed by atoms with van der Waals surface area (Å²) in [6.45, 7) is -0.0181. The second-order valence-corrected chi connectivity index (χ2v) is 3.08. The van der Waals surface area contributed by atoms with Gasteiger partial charge in [0.2, 0.25) is 0 Å². The van der Waals surface area contributed by atoms with Gasteiger partial charge in [0, 0.05) is 5.82 Å². The standard InChI is InChI=1S/C6H7BO4.CH3Br.CH4/c1-7-4(2-5(8)10-7)3-6(9)11-7;1-2;/h2-3H2,1H3;1H3;1H4. The molecule has 14 heavy (non-hydrogen) atoms. The summed E-state index contributed by atoms with van der Waals surface area (Å²) in [5, 5.41) is 0. The Hall–Kier alpha value is -0.645. The average Bonchev–Trinajstić information content (AvgIpc) is 2.42. The summed E-state index contributed by atoms with van der Waals surface area (Å²) in [5.41, 5.74) is 0. The summed E-state index contributed by atoms with van der Waals surface area (Å²) < 4.78 is 9.77. The topological polar surface area (TPSA) is 52.6 Å². The fourth-order valence-corrected chi connectivity index (χ4v) is 1.58. The number of carbonyl (C=O) groups is 2. The smallest absolute Gasteiger partial charge is 0.556 e. The van der Waals surface area contributed by atoms with Gasteiger partial charge in [-0.1, -0.05) is 30.2 Å². The molecule has 0 unspecified atom stereocenters. The number of hydrogen-bond donors (Lipinski definition) is 0. The van der Waals surface area contributed by atoms with Crippen molar-refractivity contribution in [3.63, 3.8) is 0 Å². The number of fused-ring (bicyclic) bond motifs is 1. The van der Waals surface area contributed by atoms with Crippen molar-refractivity contribution in [1.82, 2.24) is 0 Å². The SMILES string of the molecule is C.CBr.C[B-]12OC(=O)C[C+]1CC(=O)O2. The normalized spacial score (nSPS) is 21.2. The van der Waals surface area contributed by atoms with Crippen molar-refractivity contribution < 1.29 is 18.9 Å². The van der Waals surface area contributed by atoms with E-state index in [4.69, 9.17) is 9.31 Å². The monoisotopic (exact) mass is 264 g/mol. The quantitative estimate of drug-likeness (QED) is 0.380. The molecule has 0 aromatic heterocycles. The predicted octanol–water partition coefficient (Wildman–Crippen LogP) is 1.71. The molecule has 2 aliphatic rings. The van der Waals surface area contributed by atoms with Gasteiger partial charge in [0.05, 0.1) is 0 Å². The first-order valence-electron chi connectivity index (χ1n) is 3.95. The van der Waals surface area contributed by atoms with Gasteiger partial charge in [-0.2, -0.15) is 0 Å². The fourth-order valence-electron chi connectivity index (χ4n) is 1.58. The lowest BCUT2D eigenvalue weighted by molar-refractivity contribution is -0.138. The van der Waals surface area contributed by atoms with Gasteiger partial charge < -0.3 is 9.31 Å². The molecule has 0 aliphatic carbocycles. The van der Waals surface area contributed by atoms with Crippen LogP contribution in [-0.4, -0.2) is 24.3 Å². The minimum Gasteiger partial charge on any atom is -0.614 e. The highest BCUT2D eigenvalue weighted by Gasteiger charge is 2.60. The number of carbonyl (C=O) groups excluding carboxylic acids is 2. The van der Waals surface area contributed by atoms with Gasteiger partial charge in [-0.3, -0.25) is 9.59 Å². The van der Waals surface area contributed by atoms with E-state index in [-0.39, 0.29) is 32.2 Å². The van der Waals surface area contributed by atoms with Crippen molar-refractivity contribution in [3.05, 3.63) is 5.82 Å². The van der Waals surface area contributed by atoms with E-state index < -0.39 is 6.55 Å². The van der Waals surface area contributed by atoms with Crippen LogP contribution in [0.4, 0.5) is 0 Å². The van der Waals surface area contributed by atoms with E-state index in [2.05, 4.69) is 15.9 Å². The molecular formula is C8H14BBrO4. The van der Waals surface area contributed by atoms with Gasteiger partial charge in [0.15, 0.2) is 0 Å². The zero-order chi connectivity index (χ0) is 10.1. The summed E-state index contributed by atoms with van der Waals surface area (Å²) in [6.07, 6.45) is 0.504. The molecule has 6 heteroatoms. The van der Waals surface area contributed by atoms with Crippen LogP contribution in [0.2, 0.25) is 6.82 Å². The Labute approximate surface area is 92.4 Å². The van der Waals surface area contributed by atoms with Crippen LogP contribution in [0.25, 0.3) is 0 Å². The van der Waals surface area contributed by atoms with Crippen molar-refractivity contribution >= 4 is 34.4 Å². The van der Waals surface area contributed by atoms with Crippen LogP contribution in [0, 0.1) is 5.82 Å². The van der Waals surface area contributed by atoms with Crippen molar-refractivity contribution in [2.24, 2.45) is 0 Å². The number of hydrogen-bond acceptors (Lipinski definition) is 4. The molecular weight excluding hydrogens is 251 g/mol. The van der Waals surface area contributed by atoms with Crippen LogP contribution in [-0.2, 0) is 18.9 Å². The van der Waals surface area contributed by atoms with E-state index in [1.807, 2.05) is 5.83 Å². The molecule has 2 rings (SSSR count). The van der Waals surface area contributed by atoms with E-state index in [1.54, 1.807) is 6.82 Å². The molecule has 0 saturated carbocycles. The van der Waals surface area contributed by atoms with E-state index in [1.165, 1.54) is 0 Å². The largest absolute Gasteiger partial charge is 0.614 e. The maximum absolute atomic E-state index is 10.7. The second-order valence-electron chi connectivity index (χ2n) is 3.08. The third-order valence-corrected chi connectivity index (χ3v) is 2.20. The van der Waals surface area contributed by atoms with Crippen LogP contribution in [0.15, 0.2) is 0 Å². The van der Waals surface area contributed by atoms with Gasteiger partial charge in [0.1, 0.15) is 12.8 Å². The van der Waals surface area contributed by atoms with Crippen LogP contribution in [0.5, 0.6) is 0 Å². The predicted molar refractivity (Wildman–Crippen MR) is 57.9 cm³/mol. The highest BCUT2D eigenvalue weighted by molar-refractivity contribution is 9.08. The molecule has 2 saturated heterocycles. The molecule has 0 atom stereocenters. The van der Waals surface area contributed by atoms with Crippen LogP contribution in [0.3, 0.4) is 0 Å². The van der Waals surface area contributed by atoms with Gasteiger partial charge in [-0.05, 0) is 5.83 Å². The first-order chi connectivity index (χ1) is 6.10. The van der Waals surface area contributed by atoms with E-state index >= 15 is 0 Å². The van der Waals surface area contributed by atoms with E-state index in [0.29, 0.717) is 0 Å².